The Kier molecular flexibility index (Phi) is 5.54. The van der Waals surface area contributed by atoms with Gasteiger partial charge in [0.15, 0.2) is 0 Å². The lowest BCUT2D eigenvalue weighted by molar-refractivity contribution is 1.00. The van der Waals surface area contributed by atoms with Gasteiger partial charge in [0.2, 0.25) is 0 Å². The second-order valence-electron chi connectivity index (χ2n) is 2.45. The molecule has 0 fully saturated rings. The minimum atomic E-state index is 0.703. The van der Waals surface area contributed by atoms with E-state index >= 15 is 0 Å². The molecule has 0 radical (unpaired) electrons. The van der Waals surface area contributed by atoms with E-state index in [0.717, 1.165) is 17.8 Å². The fourth-order valence-corrected chi connectivity index (χ4v) is 0.983. The van der Waals surface area contributed by atoms with Crippen molar-refractivity contribution in [1.82, 2.24) is 4.98 Å². The molecule has 0 saturated heterocycles. The van der Waals surface area contributed by atoms with Gasteiger partial charge in [0.25, 0.3) is 0 Å². The zero-order valence-corrected chi connectivity index (χ0v) is 8.76. The number of nitrogens with zero attached hydrogens (tertiary/aromatic N) is 2. The Hall–Kier alpha value is -1.36. The van der Waals surface area contributed by atoms with Crippen LogP contribution in [0, 0.1) is 18.3 Å². The second kappa shape index (κ2) is 6.19. The summed E-state index contributed by atoms with van der Waals surface area (Å²) in [5, 5.41) is 8.60. The van der Waals surface area contributed by atoms with E-state index in [9.17, 15) is 0 Å². The van der Waals surface area contributed by atoms with Gasteiger partial charge in [-0.3, -0.25) is 4.98 Å². The predicted molar refractivity (Wildman–Crippen MR) is 54.4 cm³/mol. The molecule has 2 heteroatoms. The summed E-state index contributed by atoms with van der Waals surface area (Å²) < 4.78 is 0. The van der Waals surface area contributed by atoms with Gasteiger partial charge >= 0.3 is 0 Å². The molecule has 0 atom stereocenters. The molecule has 2 nitrogen and oxygen atoms in total. The van der Waals surface area contributed by atoms with Gasteiger partial charge in [0.05, 0.1) is 11.6 Å². The van der Waals surface area contributed by atoms with Crippen LogP contribution in [-0.2, 0) is 6.42 Å². The van der Waals surface area contributed by atoms with Crippen molar-refractivity contribution in [3.05, 3.63) is 29.1 Å². The number of aryl methyl sites for hydroxylation is 2. The maximum absolute atomic E-state index is 8.60. The number of rotatable bonds is 1. The molecule has 0 spiro atoms. The van der Waals surface area contributed by atoms with Gasteiger partial charge in [-0.05, 0) is 25.5 Å². The van der Waals surface area contributed by atoms with Crippen LogP contribution in [0.15, 0.2) is 12.1 Å². The Morgan fingerprint density at radius 2 is 2.00 bits per heavy atom. The molecule has 0 aliphatic rings. The summed E-state index contributed by atoms with van der Waals surface area (Å²) in [4.78, 5) is 4.25. The summed E-state index contributed by atoms with van der Waals surface area (Å²) in [5.74, 6) is 0. The summed E-state index contributed by atoms with van der Waals surface area (Å²) in [5.41, 5.74) is 2.61. The van der Waals surface area contributed by atoms with Gasteiger partial charge in [-0.1, -0.05) is 20.8 Å². The molecule has 0 bridgehead atoms. The Morgan fingerprint density at radius 1 is 1.38 bits per heavy atom. The van der Waals surface area contributed by atoms with Crippen LogP contribution in [0.1, 0.15) is 37.7 Å². The molecule has 0 aliphatic carbocycles. The number of nitriles is 1. The van der Waals surface area contributed by atoms with E-state index in [1.165, 1.54) is 0 Å². The van der Waals surface area contributed by atoms with Crippen LogP contribution in [0.3, 0.4) is 0 Å². The molecule has 70 valence electrons. The number of hydrogen-bond donors (Lipinski definition) is 0. The Labute approximate surface area is 80.2 Å². The molecule has 1 rings (SSSR count). The molecule has 0 aromatic carbocycles. The van der Waals surface area contributed by atoms with Gasteiger partial charge in [-0.15, -0.1) is 0 Å². The van der Waals surface area contributed by atoms with Gasteiger partial charge in [-0.2, -0.15) is 5.26 Å². The van der Waals surface area contributed by atoms with Crippen molar-refractivity contribution in [2.45, 2.75) is 34.1 Å². The molecular formula is C11H16N2. The first kappa shape index (κ1) is 11.6. The minimum Gasteiger partial charge on any atom is -0.258 e. The zero-order chi connectivity index (χ0) is 10.3. The van der Waals surface area contributed by atoms with Crippen molar-refractivity contribution in [2.75, 3.05) is 0 Å². The first-order valence-electron chi connectivity index (χ1n) is 4.64. The minimum absolute atomic E-state index is 0.703. The maximum Gasteiger partial charge on any atom is 0.0992 e. The molecule has 0 unspecified atom stereocenters. The van der Waals surface area contributed by atoms with Crippen molar-refractivity contribution in [1.29, 1.82) is 5.26 Å². The lowest BCUT2D eigenvalue weighted by atomic mass is 10.2. The molecule has 1 aromatic heterocycles. The quantitative estimate of drug-likeness (QED) is 0.659. The highest BCUT2D eigenvalue weighted by atomic mass is 14.7. The fraction of sp³-hybridized carbons (Fsp3) is 0.455. The molecule has 1 heterocycles. The predicted octanol–water partition coefficient (Wildman–Crippen LogP) is 2.85. The normalized spacial score (nSPS) is 8.23. The van der Waals surface area contributed by atoms with Crippen molar-refractivity contribution in [2.24, 2.45) is 0 Å². The summed E-state index contributed by atoms with van der Waals surface area (Å²) in [6, 6.07) is 5.72. The lowest BCUT2D eigenvalue weighted by Gasteiger charge is -1.97. The monoisotopic (exact) mass is 176 g/mol. The van der Waals surface area contributed by atoms with E-state index < -0.39 is 0 Å². The van der Waals surface area contributed by atoms with Gasteiger partial charge in [0, 0.05) is 11.4 Å². The maximum atomic E-state index is 8.60. The third-order valence-corrected chi connectivity index (χ3v) is 1.50. The largest absolute Gasteiger partial charge is 0.258 e. The third-order valence-electron chi connectivity index (χ3n) is 1.50. The van der Waals surface area contributed by atoms with Crippen molar-refractivity contribution >= 4 is 0 Å². The van der Waals surface area contributed by atoms with Crippen LogP contribution in [-0.4, -0.2) is 4.98 Å². The Balaban J connectivity index is 0.000000671. The summed E-state index contributed by atoms with van der Waals surface area (Å²) >= 11 is 0. The second-order valence-corrected chi connectivity index (χ2v) is 2.45. The third kappa shape index (κ3) is 3.71. The highest BCUT2D eigenvalue weighted by Crippen LogP contribution is 2.04. The molecule has 0 aliphatic heterocycles. The van der Waals surface area contributed by atoms with Crippen LogP contribution in [0.25, 0.3) is 0 Å². The average molecular weight is 176 g/mol. The Bertz CT molecular complexity index is 297. The average Bonchev–Trinajstić information content (AvgIpc) is 2.20. The number of hydrogen-bond acceptors (Lipinski definition) is 2. The van der Waals surface area contributed by atoms with E-state index in [1.54, 1.807) is 6.07 Å². The standard InChI is InChI=1S/C9H10N2.C2H6/c1-3-9-5-8(6-10)4-7(2)11-9;1-2/h4-5H,3H2,1-2H3;1-2H3. The van der Waals surface area contributed by atoms with E-state index in [2.05, 4.69) is 11.1 Å². The topological polar surface area (TPSA) is 36.7 Å². The summed E-state index contributed by atoms with van der Waals surface area (Å²) in [6.45, 7) is 7.93. The van der Waals surface area contributed by atoms with E-state index in [4.69, 9.17) is 5.26 Å². The van der Waals surface area contributed by atoms with Crippen molar-refractivity contribution in [3.8, 4) is 6.07 Å². The van der Waals surface area contributed by atoms with Crippen LogP contribution >= 0.6 is 0 Å². The van der Waals surface area contributed by atoms with E-state index in [-0.39, 0.29) is 0 Å². The number of aromatic nitrogens is 1. The van der Waals surface area contributed by atoms with Crippen LogP contribution in [0.2, 0.25) is 0 Å². The molecular weight excluding hydrogens is 160 g/mol. The zero-order valence-electron chi connectivity index (χ0n) is 8.76. The van der Waals surface area contributed by atoms with Gasteiger partial charge in [-0.25, -0.2) is 0 Å². The van der Waals surface area contributed by atoms with Crippen LogP contribution in [0.5, 0.6) is 0 Å². The highest BCUT2D eigenvalue weighted by Gasteiger charge is 1.96. The Morgan fingerprint density at radius 3 is 2.46 bits per heavy atom. The fourth-order valence-electron chi connectivity index (χ4n) is 0.983. The smallest absolute Gasteiger partial charge is 0.0992 e. The van der Waals surface area contributed by atoms with Gasteiger partial charge in [0.1, 0.15) is 0 Å². The number of pyridine rings is 1. The van der Waals surface area contributed by atoms with E-state index in [0.29, 0.717) is 5.56 Å². The molecule has 0 amide bonds. The lowest BCUT2D eigenvalue weighted by Crippen LogP contribution is -1.91. The molecule has 0 N–H and O–H groups in total. The molecule has 0 saturated carbocycles. The van der Waals surface area contributed by atoms with Crippen molar-refractivity contribution in [3.63, 3.8) is 0 Å². The van der Waals surface area contributed by atoms with Crippen LogP contribution < -0.4 is 0 Å². The van der Waals surface area contributed by atoms with Crippen LogP contribution in [0.4, 0.5) is 0 Å². The van der Waals surface area contributed by atoms with E-state index in [1.807, 2.05) is 33.8 Å². The van der Waals surface area contributed by atoms with Crippen molar-refractivity contribution < 1.29 is 0 Å². The molecule has 13 heavy (non-hydrogen) atoms. The first-order valence-corrected chi connectivity index (χ1v) is 4.64. The summed E-state index contributed by atoms with van der Waals surface area (Å²) in [7, 11) is 0. The first-order chi connectivity index (χ1) is 6.26. The summed E-state index contributed by atoms with van der Waals surface area (Å²) in [6.07, 6.45) is 0.885. The SMILES string of the molecule is CC.CCc1cc(C#N)cc(C)n1. The molecule has 1 aromatic rings. The van der Waals surface area contributed by atoms with Gasteiger partial charge < -0.3 is 0 Å². The highest BCUT2D eigenvalue weighted by molar-refractivity contribution is 5.31.